The highest BCUT2D eigenvalue weighted by molar-refractivity contribution is 6.06. The molecule has 20 heavy (non-hydrogen) atoms. The fraction of sp³-hybridized carbons (Fsp3) is 0.0625. The van der Waals surface area contributed by atoms with Crippen LogP contribution in [0.1, 0.15) is 21.5 Å². The van der Waals surface area contributed by atoms with E-state index in [1.807, 2.05) is 19.1 Å². The van der Waals surface area contributed by atoms with Gasteiger partial charge in [0.05, 0.1) is 4.92 Å². The first kappa shape index (κ1) is 13.7. The van der Waals surface area contributed by atoms with Crippen molar-refractivity contribution < 1.29 is 9.72 Å². The lowest BCUT2D eigenvalue weighted by molar-refractivity contribution is -0.384. The van der Waals surface area contributed by atoms with Crippen molar-refractivity contribution in [2.75, 3.05) is 0 Å². The zero-order chi connectivity index (χ0) is 14.5. The Balaban J connectivity index is 2.19. The smallest absolute Gasteiger partial charge is 0.270 e. The molecule has 0 saturated carbocycles. The maximum absolute atomic E-state index is 12.0. The molecule has 0 radical (unpaired) electrons. The molecular weight excluding hydrogens is 254 g/mol. The molecule has 0 aromatic heterocycles. The van der Waals surface area contributed by atoms with E-state index in [9.17, 15) is 14.9 Å². The highest BCUT2D eigenvalue weighted by Gasteiger charge is 2.05. The number of carbonyl (C=O) groups is 1. The third kappa shape index (κ3) is 3.38. The van der Waals surface area contributed by atoms with E-state index < -0.39 is 4.92 Å². The molecule has 0 amide bonds. The zero-order valence-electron chi connectivity index (χ0n) is 10.9. The van der Waals surface area contributed by atoms with Crippen LogP contribution in [0.4, 0.5) is 5.69 Å². The number of carbonyl (C=O) groups excluding carboxylic acids is 1. The summed E-state index contributed by atoms with van der Waals surface area (Å²) in [6.07, 6.45) is 3.01. The average Bonchev–Trinajstić information content (AvgIpc) is 2.45. The molecule has 2 aromatic rings. The average molecular weight is 267 g/mol. The first-order valence-corrected chi connectivity index (χ1v) is 6.10. The molecule has 2 rings (SSSR count). The predicted molar refractivity (Wildman–Crippen MR) is 77.6 cm³/mol. The van der Waals surface area contributed by atoms with Gasteiger partial charge in [0.15, 0.2) is 5.78 Å². The number of hydrogen-bond donors (Lipinski definition) is 0. The van der Waals surface area contributed by atoms with E-state index in [-0.39, 0.29) is 11.5 Å². The standard InChI is InChI=1S/C16H13NO3/c1-12-4-2-6-14(10-12)16(18)9-8-13-5-3-7-15(11-13)17(19)20/h2-11H,1H3/b9-8+. The summed E-state index contributed by atoms with van der Waals surface area (Å²) in [6.45, 7) is 1.92. The van der Waals surface area contributed by atoms with Gasteiger partial charge >= 0.3 is 0 Å². The van der Waals surface area contributed by atoms with Crippen molar-refractivity contribution >= 4 is 17.5 Å². The van der Waals surface area contributed by atoms with Crippen molar-refractivity contribution in [1.82, 2.24) is 0 Å². The van der Waals surface area contributed by atoms with E-state index in [1.54, 1.807) is 30.3 Å². The van der Waals surface area contributed by atoms with Crippen molar-refractivity contribution in [3.05, 3.63) is 81.4 Å². The number of ketones is 1. The zero-order valence-corrected chi connectivity index (χ0v) is 10.9. The van der Waals surface area contributed by atoms with Crippen molar-refractivity contribution in [1.29, 1.82) is 0 Å². The molecule has 0 atom stereocenters. The fourth-order valence-corrected chi connectivity index (χ4v) is 1.81. The van der Waals surface area contributed by atoms with Crippen LogP contribution in [0.2, 0.25) is 0 Å². The summed E-state index contributed by atoms with van der Waals surface area (Å²) in [4.78, 5) is 22.2. The molecule has 0 saturated heterocycles. The minimum Gasteiger partial charge on any atom is -0.289 e. The van der Waals surface area contributed by atoms with E-state index in [2.05, 4.69) is 0 Å². The maximum atomic E-state index is 12.0. The monoisotopic (exact) mass is 267 g/mol. The number of hydrogen-bond acceptors (Lipinski definition) is 3. The summed E-state index contributed by atoms with van der Waals surface area (Å²) in [5.41, 5.74) is 2.25. The highest BCUT2D eigenvalue weighted by atomic mass is 16.6. The van der Waals surface area contributed by atoms with E-state index in [1.165, 1.54) is 18.2 Å². The van der Waals surface area contributed by atoms with Gasteiger partial charge in [0.2, 0.25) is 0 Å². The number of nitro groups is 1. The molecule has 0 bridgehead atoms. The molecular formula is C16H13NO3. The van der Waals surface area contributed by atoms with Crippen molar-refractivity contribution in [3.8, 4) is 0 Å². The summed E-state index contributed by atoms with van der Waals surface area (Å²) in [7, 11) is 0. The second kappa shape index (κ2) is 5.93. The molecule has 0 N–H and O–H groups in total. The molecule has 4 nitrogen and oxygen atoms in total. The van der Waals surface area contributed by atoms with Crippen LogP contribution in [0.15, 0.2) is 54.6 Å². The van der Waals surface area contributed by atoms with E-state index in [4.69, 9.17) is 0 Å². The quantitative estimate of drug-likeness (QED) is 0.366. The third-order valence-electron chi connectivity index (χ3n) is 2.81. The van der Waals surface area contributed by atoms with Crippen molar-refractivity contribution in [3.63, 3.8) is 0 Å². The topological polar surface area (TPSA) is 60.2 Å². The molecule has 4 heteroatoms. The normalized spacial score (nSPS) is 10.7. The summed E-state index contributed by atoms with van der Waals surface area (Å²) in [6, 6.07) is 13.4. The summed E-state index contributed by atoms with van der Waals surface area (Å²) >= 11 is 0. The molecule has 0 spiro atoms. The van der Waals surface area contributed by atoms with Crippen LogP contribution in [0.3, 0.4) is 0 Å². The number of rotatable bonds is 4. The van der Waals surface area contributed by atoms with E-state index in [0.29, 0.717) is 11.1 Å². The van der Waals surface area contributed by atoms with Crippen LogP contribution in [0.25, 0.3) is 6.08 Å². The Morgan fingerprint density at radius 3 is 2.60 bits per heavy atom. The third-order valence-corrected chi connectivity index (χ3v) is 2.81. The van der Waals surface area contributed by atoms with Crippen LogP contribution in [-0.2, 0) is 0 Å². The lowest BCUT2D eigenvalue weighted by atomic mass is 10.1. The molecule has 0 heterocycles. The summed E-state index contributed by atoms with van der Waals surface area (Å²) in [5.74, 6) is -0.125. The largest absolute Gasteiger partial charge is 0.289 e. The van der Waals surface area contributed by atoms with Gasteiger partial charge in [-0.1, -0.05) is 42.0 Å². The Morgan fingerprint density at radius 1 is 1.15 bits per heavy atom. The second-order valence-corrected chi connectivity index (χ2v) is 4.42. The number of nitrogens with zero attached hydrogens (tertiary/aromatic N) is 1. The van der Waals surface area contributed by atoms with Crippen molar-refractivity contribution in [2.45, 2.75) is 6.92 Å². The Hall–Kier alpha value is -2.75. The summed E-state index contributed by atoms with van der Waals surface area (Å²) in [5, 5.41) is 10.7. The van der Waals surface area contributed by atoms with Crippen molar-refractivity contribution in [2.24, 2.45) is 0 Å². The predicted octanol–water partition coefficient (Wildman–Crippen LogP) is 3.80. The fourth-order valence-electron chi connectivity index (χ4n) is 1.81. The van der Waals surface area contributed by atoms with Gasteiger partial charge in [-0.2, -0.15) is 0 Å². The Bertz CT molecular complexity index is 690. The first-order chi connectivity index (χ1) is 9.56. The molecule has 2 aromatic carbocycles. The minimum absolute atomic E-state index is 0.00940. The molecule has 0 aliphatic carbocycles. The number of non-ortho nitro benzene ring substituents is 1. The SMILES string of the molecule is Cc1cccc(C(=O)/C=C/c2cccc([N+](=O)[O-])c2)c1. The molecule has 0 unspecified atom stereocenters. The molecule has 0 aliphatic heterocycles. The van der Waals surface area contributed by atoms with Gasteiger partial charge < -0.3 is 0 Å². The number of allylic oxidation sites excluding steroid dienone is 1. The van der Waals surface area contributed by atoms with Crippen LogP contribution in [0.5, 0.6) is 0 Å². The van der Waals surface area contributed by atoms with Gasteiger partial charge in [0.1, 0.15) is 0 Å². The number of nitro benzene ring substituents is 1. The van der Waals surface area contributed by atoms with Crippen LogP contribution in [-0.4, -0.2) is 10.7 Å². The minimum atomic E-state index is -0.459. The molecule has 100 valence electrons. The van der Waals surface area contributed by atoms with Gasteiger partial charge in [0.25, 0.3) is 5.69 Å². The summed E-state index contributed by atoms with van der Waals surface area (Å²) < 4.78 is 0. The Morgan fingerprint density at radius 2 is 1.90 bits per heavy atom. The first-order valence-electron chi connectivity index (χ1n) is 6.10. The molecule has 0 aliphatic rings. The van der Waals surface area contributed by atoms with Gasteiger partial charge in [-0.3, -0.25) is 14.9 Å². The van der Waals surface area contributed by atoms with Gasteiger partial charge in [-0.15, -0.1) is 0 Å². The number of aryl methyl sites for hydroxylation is 1. The second-order valence-electron chi connectivity index (χ2n) is 4.42. The van der Waals surface area contributed by atoms with E-state index in [0.717, 1.165) is 5.56 Å². The van der Waals surface area contributed by atoms with Crippen LogP contribution >= 0.6 is 0 Å². The van der Waals surface area contributed by atoms with Gasteiger partial charge in [-0.05, 0) is 24.6 Å². The van der Waals surface area contributed by atoms with Gasteiger partial charge in [0, 0.05) is 17.7 Å². The Labute approximate surface area is 116 Å². The van der Waals surface area contributed by atoms with Crippen LogP contribution < -0.4 is 0 Å². The van der Waals surface area contributed by atoms with Crippen LogP contribution in [0, 0.1) is 17.0 Å². The lowest BCUT2D eigenvalue weighted by Gasteiger charge is -1.98. The highest BCUT2D eigenvalue weighted by Crippen LogP contribution is 2.14. The molecule has 0 fully saturated rings. The van der Waals surface area contributed by atoms with E-state index >= 15 is 0 Å². The number of benzene rings is 2. The van der Waals surface area contributed by atoms with Gasteiger partial charge in [-0.25, -0.2) is 0 Å². The maximum Gasteiger partial charge on any atom is 0.270 e. The lowest BCUT2D eigenvalue weighted by Crippen LogP contribution is -1.94. The Kier molecular flexibility index (Phi) is 4.05.